The number of piperazine rings is 1. The lowest BCUT2D eigenvalue weighted by atomic mass is 10.1. The molecule has 148 valence electrons. The van der Waals surface area contributed by atoms with Gasteiger partial charge in [0.05, 0.1) is 13.2 Å². The smallest absolute Gasteiger partial charge is 0.248 e. The minimum Gasteiger partial charge on any atom is -0.497 e. The van der Waals surface area contributed by atoms with Gasteiger partial charge in [-0.25, -0.2) is 0 Å². The van der Waals surface area contributed by atoms with E-state index in [-0.39, 0.29) is 11.9 Å². The Hall–Kier alpha value is -3.06. The SMILES string of the molecule is COc1ccc(N2CCN(C(C)C(=O)Nc3ccc(C(N)=O)cc3)CC2)cc1. The van der Waals surface area contributed by atoms with Crippen molar-refractivity contribution in [1.82, 2.24) is 4.90 Å². The number of ether oxygens (including phenoxy) is 1. The standard InChI is InChI=1S/C21H26N4O3/c1-15(21(27)23-17-5-3-16(4-6-17)20(22)26)24-11-13-25(14-12-24)18-7-9-19(28-2)10-8-18/h3-10,15H,11-14H2,1-2H3,(H2,22,26)(H,23,27). The van der Waals surface area contributed by atoms with Crippen molar-refractivity contribution in [2.75, 3.05) is 43.5 Å². The summed E-state index contributed by atoms with van der Waals surface area (Å²) in [7, 11) is 1.66. The topological polar surface area (TPSA) is 87.9 Å². The van der Waals surface area contributed by atoms with Crippen LogP contribution in [0.25, 0.3) is 0 Å². The largest absolute Gasteiger partial charge is 0.497 e. The van der Waals surface area contributed by atoms with Crippen LogP contribution in [0.3, 0.4) is 0 Å². The molecule has 1 fully saturated rings. The number of amides is 2. The first kappa shape index (κ1) is 19.7. The van der Waals surface area contributed by atoms with E-state index < -0.39 is 5.91 Å². The van der Waals surface area contributed by atoms with Gasteiger partial charge in [-0.1, -0.05) is 0 Å². The molecule has 0 aliphatic carbocycles. The second-order valence-electron chi connectivity index (χ2n) is 6.83. The fourth-order valence-electron chi connectivity index (χ4n) is 3.29. The van der Waals surface area contributed by atoms with Crippen molar-refractivity contribution in [3.05, 3.63) is 54.1 Å². The Bertz CT molecular complexity index is 813. The van der Waals surface area contributed by atoms with Gasteiger partial charge in [-0.05, 0) is 55.5 Å². The van der Waals surface area contributed by atoms with Crippen LogP contribution >= 0.6 is 0 Å². The average Bonchev–Trinajstić information content (AvgIpc) is 2.73. The zero-order valence-electron chi connectivity index (χ0n) is 16.2. The predicted molar refractivity (Wildman–Crippen MR) is 110 cm³/mol. The maximum atomic E-state index is 12.6. The molecule has 0 saturated carbocycles. The van der Waals surface area contributed by atoms with E-state index in [0.717, 1.165) is 37.6 Å². The van der Waals surface area contributed by atoms with Crippen molar-refractivity contribution in [3.8, 4) is 5.75 Å². The Morgan fingerprint density at radius 1 is 1.00 bits per heavy atom. The molecule has 3 rings (SSSR count). The van der Waals surface area contributed by atoms with Crippen LogP contribution in [0.2, 0.25) is 0 Å². The summed E-state index contributed by atoms with van der Waals surface area (Å²) in [5, 5.41) is 2.90. The van der Waals surface area contributed by atoms with Crippen molar-refractivity contribution in [3.63, 3.8) is 0 Å². The third-order valence-electron chi connectivity index (χ3n) is 5.12. The Morgan fingerprint density at radius 3 is 2.14 bits per heavy atom. The molecular weight excluding hydrogens is 356 g/mol. The fourth-order valence-corrected chi connectivity index (χ4v) is 3.29. The summed E-state index contributed by atoms with van der Waals surface area (Å²) < 4.78 is 5.20. The number of rotatable bonds is 6. The number of methoxy groups -OCH3 is 1. The normalized spacial score (nSPS) is 15.7. The summed E-state index contributed by atoms with van der Waals surface area (Å²) in [5.74, 6) is 0.294. The van der Waals surface area contributed by atoms with Crippen molar-refractivity contribution >= 4 is 23.2 Å². The van der Waals surface area contributed by atoms with Crippen LogP contribution in [0.5, 0.6) is 5.75 Å². The summed E-state index contributed by atoms with van der Waals surface area (Å²) in [6.07, 6.45) is 0. The highest BCUT2D eigenvalue weighted by Gasteiger charge is 2.25. The second kappa shape index (κ2) is 8.75. The highest BCUT2D eigenvalue weighted by atomic mass is 16.5. The van der Waals surface area contributed by atoms with Crippen LogP contribution in [-0.2, 0) is 4.79 Å². The third-order valence-corrected chi connectivity index (χ3v) is 5.12. The van der Waals surface area contributed by atoms with E-state index in [1.54, 1.807) is 31.4 Å². The molecule has 7 nitrogen and oxygen atoms in total. The van der Waals surface area contributed by atoms with Crippen LogP contribution in [-0.4, -0.2) is 56.0 Å². The predicted octanol–water partition coefficient (Wildman–Crippen LogP) is 1.94. The first-order valence-electron chi connectivity index (χ1n) is 9.31. The maximum absolute atomic E-state index is 12.6. The molecule has 7 heteroatoms. The summed E-state index contributed by atoms with van der Waals surface area (Å²) in [6, 6.07) is 14.4. The van der Waals surface area contributed by atoms with E-state index in [2.05, 4.69) is 27.2 Å². The molecule has 1 unspecified atom stereocenters. The van der Waals surface area contributed by atoms with Gasteiger partial charge >= 0.3 is 0 Å². The summed E-state index contributed by atoms with van der Waals surface area (Å²) in [5.41, 5.74) is 7.46. The molecule has 3 N–H and O–H groups in total. The summed E-state index contributed by atoms with van der Waals surface area (Å²) in [4.78, 5) is 28.2. The van der Waals surface area contributed by atoms with Gasteiger partial charge in [0.2, 0.25) is 11.8 Å². The molecule has 0 radical (unpaired) electrons. The number of anilines is 2. The van der Waals surface area contributed by atoms with Crippen LogP contribution in [0.15, 0.2) is 48.5 Å². The van der Waals surface area contributed by atoms with Gasteiger partial charge in [0.25, 0.3) is 0 Å². The lowest BCUT2D eigenvalue weighted by Crippen LogP contribution is -2.52. The minimum atomic E-state index is -0.485. The second-order valence-corrected chi connectivity index (χ2v) is 6.83. The van der Waals surface area contributed by atoms with Crippen LogP contribution in [0.4, 0.5) is 11.4 Å². The lowest BCUT2D eigenvalue weighted by molar-refractivity contribution is -0.120. The number of carbonyl (C=O) groups is 2. The van der Waals surface area contributed by atoms with Gasteiger partial charge in [-0.15, -0.1) is 0 Å². The molecule has 1 heterocycles. The molecule has 0 bridgehead atoms. The zero-order chi connectivity index (χ0) is 20.1. The van der Waals surface area contributed by atoms with Gasteiger partial charge in [-0.3, -0.25) is 14.5 Å². The van der Waals surface area contributed by atoms with E-state index in [9.17, 15) is 9.59 Å². The van der Waals surface area contributed by atoms with Crippen LogP contribution in [0, 0.1) is 0 Å². The van der Waals surface area contributed by atoms with Crippen molar-refractivity contribution in [1.29, 1.82) is 0 Å². The quantitative estimate of drug-likeness (QED) is 0.797. The van der Waals surface area contributed by atoms with E-state index in [1.165, 1.54) is 0 Å². The first-order valence-corrected chi connectivity index (χ1v) is 9.31. The number of hydrogen-bond donors (Lipinski definition) is 2. The number of benzene rings is 2. The summed E-state index contributed by atoms with van der Waals surface area (Å²) >= 11 is 0. The zero-order valence-corrected chi connectivity index (χ0v) is 16.2. The molecular formula is C21H26N4O3. The molecule has 1 atom stereocenters. The van der Waals surface area contributed by atoms with E-state index >= 15 is 0 Å². The van der Waals surface area contributed by atoms with Crippen LogP contribution < -0.4 is 20.7 Å². The molecule has 0 aromatic heterocycles. The van der Waals surface area contributed by atoms with Gasteiger partial charge in [0, 0.05) is 43.1 Å². The average molecular weight is 382 g/mol. The molecule has 2 aromatic rings. The lowest BCUT2D eigenvalue weighted by Gasteiger charge is -2.38. The van der Waals surface area contributed by atoms with Crippen molar-refractivity contribution in [2.45, 2.75) is 13.0 Å². The minimum absolute atomic E-state index is 0.0651. The van der Waals surface area contributed by atoms with Gasteiger partial charge in [0.15, 0.2) is 0 Å². The Kier molecular flexibility index (Phi) is 6.16. The number of hydrogen-bond acceptors (Lipinski definition) is 5. The molecule has 2 amide bonds. The van der Waals surface area contributed by atoms with E-state index in [4.69, 9.17) is 10.5 Å². The maximum Gasteiger partial charge on any atom is 0.248 e. The van der Waals surface area contributed by atoms with E-state index in [1.807, 2.05) is 19.1 Å². The monoisotopic (exact) mass is 382 g/mol. The number of nitrogens with zero attached hydrogens (tertiary/aromatic N) is 2. The first-order chi connectivity index (χ1) is 13.5. The number of carbonyl (C=O) groups excluding carboxylic acids is 2. The Labute approximate surface area is 165 Å². The highest BCUT2D eigenvalue weighted by Crippen LogP contribution is 2.21. The molecule has 2 aromatic carbocycles. The number of nitrogens with two attached hydrogens (primary N) is 1. The molecule has 1 aliphatic heterocycles. The fraction of sp³-hybridized carbons (Fsp3) is 0.333. The molecule has 0 spiro atoms. The number of nitrogens with one attached hydrogen (secondary N) is 1. The van der Waals surface area contributed by atoms with Gasteiger partial charge in [0.1, 0.15) is 5.75 Å². The number of primary amides is 1. The molecule has 1 saturated heterocycles. The molecule has 28 heavy (non-hydrogen) atoms. The Balaban J connectivity index is 1.52. The van der Waals surface area contributed by atoms with Gasteiger partial charge < -0.3 is 20.7 Å². The van der Waals surface area contributed by atoms with Crippen molar-refractivity contribution in [2.24, 2.45) is 5.73 Å². The molecule has 1 aliphatic rings. The van der Waals surface area contributed by atoms with Crippen LogP contribution in [0.1, 0.15) is 17.3 Å². The van der Waals surface area contributed by atoms with Crippen molar-refractivity contribution < 1.29 is 14.3 Å². The Morgan fingerprint density at radius 2 is 1.61 bits per heavy atom. The van der Waals surface area contributed by atoms with E-state index in [0.29, 0.717) is 11.3 Å². The summed E-state index contributed by atoms with van der Waals surface area (Å²) in [6.45, 7) is 5.24. The third kappa shape index (κ3) is 4.61. The highest BCUT2D eigenvalue weighted by molar-refractivity contribution is 5.96. The van der Waals surface area contributed by atoms with Gasteiger partial charge in [-0.2, -0.15) is 0 Å².